The van der Waals surface area contributed by atoms with Gasteiger partial charge in [-0.05, 0) is 23.6 Å². The molecule has 0 saturated carbocycles. The number of amides is 1. The maximum absolute atomic E-state index is 12.8. The number of piperazine rings is 1. The molecular weight excluding hydrogens is 384 g/mol. The first-order valence-corrected chi connectivity index (χ1v) is 10.8. The van der Waals surface area contributed by atoms with E-state index in [9.17, 15) is 13.2 Å². The van der Waals surface area contributed by atoms with Gasteiger partial charge in [-0.1, -0.05) is 61.0 Å². The Hall–Kier alpha value is -1.89. The first-order valence-electron chi connectivity index (χ1n) is 8.97. The van der Waals surface area contributed by atoms with Crippen LogP contribution in [0.1, 0.15) is 24.8 Å². The van der Waals surface area contributed by atoms with Crippen LogP contribution in [-0.4, -0.2) is 49.7 Å². The highest BCUT2D eigenvalue weighted by Crippen LogP contribution is 2.25. The molecule has 0 aliphatic carbocycles. The van der Waals surface area contributed by atoms with Gasteiger partial charge >= 0.3 is 0 Å². The first-order chi connectivity index (χ1) is 12.9. The minimum Gasteiger partial charge on any atom is -0.340 e. The Bertz CT molecular complexity index is 894. The lowest BCUT2D eigenvalue weighted by Crippen LogP contribution is -2.50. The molecule has 1 amide bonds. The van der Waals surface area contributed by atoms with Crippen molar-refractivity contribution in [3.8, 4) is 0 Å². The summed E-state index contributed by atoms with van der Waals surface area (Å²) in [6, 6.07) is 16.4. The Labute approximate surface area is 165 Å². The van der Waals surface area contributed by atoms with Crippen LogP contribution in [0.3, 0.4) is 0 Å². The van der Waals surface area contributed by atoms with Crippen LogP contribution < -0.4 is 0 Å². The smallest absolute Gasteiger partial charge is 0.244 e. The van der Waals surface area contributed by atoms with Crippen LogP contribution in [0.15, 0.2) is 59.5 Å². The fourth-order valence-electron chi connectivity index (χ4n) is 3.26. The summed E-state index contributed by atoms with van der Waals surface area (Å²) in [5.74, 6) is 0.185. The molecule has 0 unspecified atom stereocenters. The molecule has 0 radical (unpaired) electrons. The molecule has 1 saturated heterocycles. The van der Waals surface area contributed by atoms with Gasteiger partial charge in [-0.15, -0.1) is 0 Å². The summed E-state index contributed by atoms with van der Waals surface area (Å²) >= 11 is 6.05. The van der Waals surface area contributed by atoms with Crippen LogP contribution in [-0.2, 0) is 14.8 Å². The quantitative estimate of drug-likeness (QED) is 0.764. The molecule has 7 heteroatoms. The van der Waals surface area contributed by atoms with Crippen LogP contribution in [0, 0.1) is 0 Å². The number of benzene rings is 2. The maximum atomic E-state index is 12.8. The van der Waals surface area contributed by atoms with E-state index in [0.717, 1.165) is 5.56 Å². The molecule has 1 aliphatic heterocycles. The van der Waals surface area contributed by atoms with Gasteiger partial charge in [0, 0.05) is 32.6 Å². The summed E-state index contributed by atoms with van der Waals surface area (Å²) in [6.45, 7) is 3.37. The number of hydrogen-bond acceptors (Lipinski definition) is 3. The van der Waals surface area contributed by atoms with E-state index in [-0.39, 0.29) is 34.8 Å². The van der Waals surface area contributed by atoms with Crippen molar-refractivity contribution < 1.29 is 13.2 Å². The number of hydrogen-bond donors (Lipinski definition) is 0. The van der Waals surface area contributed by atoms with Gasteiger partial charge in [0.15, 0.2) is 0 Å². The highest BCUT2D eigenvalue weighted by Gasteiger charge is 2.31. The SMILES string of the molecule is C[C@H](CC(=O)N1CCN(S(=O)(=O)c2ccccc2Cl)CC1)c1ccccc1. The average molecular weight is 407 g/mol. The van der Waals surface area contributed by atoms with Gasteiger partial charge in [-0.3, -0.25) is 4.79 Å². The highest BCUT2D eigenvalue weighted by atomic mass is 35.5. The molecule has 3 rings (SSSR count). The summed E-state index contributed by atoms with van der Waals surface area (Å²) in [5.41, 5.74) is 1.13. The van der Waals surface area contributed by atoms with Crippen molar-refractivity contribution in [2.75, 3.05) is 26.2 Å². The minimum absolute atomic E-state index is 0.0566. The molecule has 1 aliphatic rings. The number of carbonyl (C=O) groups is 1. The number of sulfonamides is 1. The zero-order valence-corrected chi connectivity index (χ0v) is 16.8. The van der Waals surface area contributed by atoms with Crippen LogP contribution in [0.25, 0.3) is 0 Å². The maximum Gasteiger partial charge on any atom is 0.244 e. The first kappa shape index (κ1) is 19.9. The van der Waals surface area contributed by atoms with E-state index < -0.39 is 10.0 Å². The molecule has 0 spiro atoms. The predicted molar refractivity (Wildman–Crippen MR) is 106 cm³/mol. The normalized spacial score (nSPS) is 16.9. The minimum atomic E-state index is -3.64. The largest absolute Gasteiger partial charge is 0.340 e. The summed E-state index contributed by atoms with van der Waals surface area (Å²) in [4.78, 5) is 14.5. The molecule has 0 aromatic heterocycles. The van der Waals surface area contributed by atoms with Crippen molar-refractivity contribution in [2.24, 2.45) is 0 Å². The van der Waals surface area contributed by atoms with Gasteiger partial charge in [0.05, 0.1) is 5.02 Å². The summed E-state index contributed by atoms with van der Waals surface area (Å²) in [5, 5.41) is 0.215. The third-order valence-electron chi connectivity index (χ3n) is 4.90. The topological polar surface area (TPSA) is 57.7 Å². The molecule has 1 fully saturated rings. The molecule has 5 nitrogen and oxygen atoms in total. The number of nitrogens with zero attached hydrogens (tertiary/aromatic N) is 2. The third-order valence-corrected chi connectivity index (χ3v) is 7.29. The molecule has 0 N–H and O–H groups in total. The monoisotopic (exact) mass is 406 g/mol. The molecule has 144 valence electrons. The zero-order valence-electron chi connectivity index (χ0n) is 15.2. The lowest BCUT2D eigenvalue weighted by atomic mass is 9.97. The summed E-state index contributed by atoms with van der Waals surface area (Å²) < 4.78 is 27.0. The molecular formula is C20H23ClN2O3S. The van der Waals surface area contributed by atoms with Crippen LogP contribution in [0.5, 0.6) is 0 Å². The molecule has 2 aromatic rings. The molecule has 2 aromatic carbocycles. The van der Waals surface area contributed by atoms with Gasteiger partial charge in [-0.25, -0.2) is 8.42 Å². The van der Waals surface area contributed by atoms with E-state index in [1.165, 1.54) is 10.4 Å². The van der Waals surface area contributed by atoms with E-state index in [4.69, 9.17) is 11.6 Å². The Balaban J connectivity index is 1.60. The second-order valence-electron chi connectivity index (χ2n) is 6.73. The molecule has 27 heavy (non-hydrogen) atoms. The third kappa shape index (κ3) is 4.51. The van der Waals surface area contributed by atoms with Gasteiger partial charge in [0.25, 0.3) is 0 Å². The fraction of sp³-hybridized carbons (Fsp3) is 0.350. The Morgan fingerprint density at radius 3 is 2.22 bits per heavy atom. The van der Waals surface area contributed by atoms with Crippen molar-refractivity contribution in [3.63, 3.8) is 0 Å². The van der Waals surface area contributed by atoms with E-state index in [2.05, 4.69) is 0 Å². The van der Waals surface area contributed by atoms with E-state index in [0.29, 0.717) is 19.5 Å². The average Bonchev–Trinajstić information content (AvgIpc) is 2.69. The Morgan fingerprint density at radius 1 is 1.00 bits per heavy atom. The second-order valence-corrected chi connectivity index (χ2v) is 9.04. The van der Waals surface area contributed by atoms with Crippen molar-refractivity contribution in [1.82, 2.24) is 9.21 Å². The summed E-state index contributed by atoms with van der Waals surface area (Å²) in [7, 11) is -3.64. The predicted octanol–water partition coefficient (Wildman–Crippen LogP) is 3.37. The van der Waals surface area contributed by atoms with Crippen molar-refractivity contribution in [1.29, 1.82) is 0 Å². The Kier molecular flexibility index (Phi) is 6.19. The van der Waals surface area contributed by atoms with E-state index in [1.807, 2.05) is 37.3 Å². The highest BCUT2D eigenvalue weighted by molar-refractivity contribution is 7.89. The molecule has 1 heterocycles. The van der Waals surface area contributed by atoms with Crippen molar-refractivity contribution in [3.05, 3.63) is 65.2 Å². The molecule has 0 bridgehead atoms. The van der Waals surface area contributed by atoms with Gasteiger partial charge < -0.3 is 4.90 Å². The lowest BCUT2D eigenvalue weighted by molar-refractivity contribution is -0.132. The second kappa shape index (κ2) is 8.42. The number of carbonyl (C=O) groups excluding carboxylic acids is 1. The van der Waals surface area contributed by atoms with Crippen molar-refractivity contribution >= 4 is 27.5 Å². The Morgan fingerprint density at radius 2 is 1.59 bits per heavy atom. The zero-order chi connectivity index (χ0) is 19.4. The van der Waals surface area contributed by atoms with Crippen LogP contribution in [0.2, 0.25) is 5.02 Å². The van der Waals surface area contributed by atoms with E-state index in [1.54, 1.807) is 23.1 Å². The van der Waals surface area contributed by atoms with E-state index >= 15 is 0 Å². The van der Waals surface area contributed by atoms with Gasteiger partial charge in [0.2, 0.25) is 15.9 Å². The number of rotatable bonds is 5. The summed E-state index contributed by atoms with van der Waals surface area (Å²) in [6.07, 6.45) is 0.418. The fourth-order valence-corrected chi connectivity index (χ4v) is 5.18. The van der Waals surface area contributed by atoms with Crippen LogP contribution >= 0.6 is 11.6 Å². The van der Waals surface area contributed by atoms with Crippen LogP contribution in [0.4, 0.5) is 0 Å². The van der Waals surface area contributed by atoms with Gasteiger partial charge in [-0.2, -0.15) is 4.31 Å². The van der Waals surface area contributed by atoms with Gasteiger partial charge in [0.1, 0.15) is 4.90 Å². The number of halogens is 1. The standard InChI is InChI=1S/C20H23ClN2O3S/c1-16(17-7-3-2-4-8-17)15-20(24)22-11-13-23(14-12-22)27(25,26)19-10-6-5-9-18(19)21/h2-10,16H,11-15H2,1H3/t16-/m1/s1. The van der Waals surface area contributed by atoms with Crippen molar-refractivity contribution in [2.45, 2.75) is 24.2 Å². The lowest BCUT2D eigenvalue weighted by Gasteiger charge is -2.34. The molecule has 1 atom stereocenters.